The molecule has 50 heavy (non-hydrogen) atoms. The van der Waals surface area contributed by atoms with Gasteiger partial charge in [-0.05, 0) is 42.5 Å². The van der Waals surface area contributed by atoms with Crippen LogP contribution in [-0.2, 0) is 8.85 Å². The summed E-state index contributed by atoms with van der Waals surface area (Å²) >= 11 is 0. The Bertz CT molecular complexity index is 1750. The molecule has 0 aromatic heterocycles. The van der Waals surface area contributed by atoms with Gasteiger partial charge in [0.05, 0.1) is 0 Å². The molecule has 1 fully saturated rings. The monoisotopic (exact) mass is 695 g/mol. The minimum atomic E-state index is -2.89. The number of benzene rings is 5. The summed E-state index contributed by atoms with van der Waals surface area (Å²) in [7, 11) is -5.78. The zero-order valence-electron chi connectivity index (χ0n) is 30.2. The van der Waals surface area contributed by atoms with Crippen molar-refractivity contribution in [2.24, 2.45) is 5.41 Å². The fourth-order valence-corrected chi connectivity index (χ4v) is 18.1. The second kappa shape index (κ2) is 12.9. The number of fused-ring (bicyclic) bond motifs is 3. The van der Waals surface area contributed by atoms with Crippen LogP contribution in [0.3, 0.4) is 0 Å². The topological polar surface area (TPSA) is 47.6 Å². The molecule has 7 rings (SSSR count). The number of hydrogen-bond acceptors (Lipinski definition) is 3. The fraction of sp³-hybridized carbons (Fsp3) is 0.295. The SMILES string of the molecule is CC(C)(C)[Si](OCC1(CO[Si](c2ccccc2)(c2ccccc2)C(C)(C)C)[C@@H]2c3ccccc3C(=O)N[C@@H]21)(c1ccccc1)c1ccccc1. The van der Waals surface area contributed by atoms with E-state index < -0.39 is 22.0 Å². The summed E-state index contributed by atoms with van der Waals surface area (Å²) in [4.78, 5) is 13.6. The highest BCUT2D eigenvalue weighted by Crippen LogP contribution is 2.63. The Hall–Kier alpha value is -4.08. The molecule has 5 aromatic carbocycles. The summed E-state index contributed by atoms with van der Waals surface area (Å²) < 4.78 is 15.4. The molecule has 1 saturated carbocycles. The van der Waals surface area contributed by atoms with E-state index in [1.54, 1.807) is 0 Å². The number of carbonyl (C=O) groups excluding carboxylic acids is 1. The van der Waals surface area contributed by atoms with Crippen molar-refractivity contribution in [3.8, 4) is 0 Å². The molecule has 0 spiro atoms. The van der Waals surface area contributed by atoms with Crippen molar-refractivity contribution < 1.29 is 13.6 Å². The van der Waals surface area contributed by atoms with Crippen molar-refractivity contribution in [3.05, 3.63) is 157 Å². The van der Waals surface area contributed by atoms with Crippen LogP contribution in [0.4, 0.5) is 0 Å². The molecule has 1 N–H and O–H groups in total. The zero-order chi connectivity index (χ0) is 35.2. The van der Waals surface area contributed by atoms with Crippen molar-refractivity contribution in [1.29, 1.82) is 0 Å². The van der Waals surface area contributed by atoms with Crippen LogP contribution in [0, 0.1) is 5.41 Å². The fourth-order valence-electron chi connectivity index (χ4n) is 8.81. The lowest BCUT2D eigenvalue weighted by Gasteiger charge is -2.45. The van der Waals surface area contributed by atoms with Crippen LogP contribution < -0.4 is 26.1 Å². The van der Waals surface area contributed by atoms with Crippen LogP contribution in [0.25, 0.3) is 0 Å². The van der Waals surface area contributed by atoms with Gasteiger partial charge in [0.15, 0.2) is 0 Å². The predicted octanol–water partition coefficient (Wildman–Crippen LogP) is 7.04. The first kappa shape index (κ1) is 34.4. The third-order valence-electron chi connectivity index (χ3n) is 11.2. The molecule has 0 bridgehead atoms. The predicted molar refractivity (Wildman–Crippen MR) is 210 cm³/mol. The minimum Gasteiger partial charge on any atom is -0.407 e. The summed E-state index contributed by atoms with van der Waals surface area (Å²) in [6, 6.07) is 51.3. The summed E-state index contributed by atoms with van der Waals surface area (Å²) in [5, 5.41) is 8.06. The van der Waals surface area contributed by atoms with Crippen LogP contribution in [0.15, 0.2) is 146 Å². The summed E-state index contributed by atoms with van der Waals surface area (Å²) in [5.74, 6) is 0.0625. The van der Waals surface area contributed by atoms with Gasteiger partial charge in [-0.25, -0.2) is 0 Å². The number of rotatable bonds is 10. The van der Waals surface area contributed by atoms with E-state index in [2.05, 4.69) is 180 Å². The van der Waals surface area contributed by atoms with Gasteiger partial charge >= 0.3 is 0 Å². The molecule has 2 aliphatic rings. The third-order valence-corrected chi connectivity index (χ3v) is 21.2. The van der Waals surface area contributed by atoms with E-state index in [1.807, 2.05) is 12.1 Å². The van der Waals surface area contributed by atoms with Crippen LogP contribution in [-0.4, -0.2) is 41.8 Å². The van der Waals surface area contributed by atoms with Crippen LogP contribution in [0.5, 0.6) is 0 Å². The van der Waals surface area contributed by atoms with E-state index in [9.17, 15) is 4.79 Å². The van der Waals surface area contributed by atoms with Gasteiger partial charge in [-0.15, -0.1) is 0 Å². The molecular weight excluding hydrogens is 647 g/mol. The van der Waals surface area contributed by atoms with Gasteiger partial charge in [0.25, 0.3) is 22.5 Å². The second-order valence-corrected chi connectivity index (χ2v) is 24.8. The maximum Gasteiger partial charge on any atom is 0.261 e. The van der Waals surface area contributed by atoms with Crippen molar-refractivity contribution in [1.82, 2.24) is 5.32 Å². The van der Waals surface area contributed by atoms with Gasteiger partial charge in [0.2, 0.25) is 0 Å². The molecule has 6 heteroatoms. The molecule has 4 nitrogen and oxygen atoms in total. The average molecular weight is 696 g/mol. The Morgan fingerprint density at radius 2 is 0.880 bits per heavy atom. The van der Waals surface area contributed by atoms with Crippen molar-refractivity contribution in [2.45, 2.75) is 63.6 Å². The highest BCUT2D eigenvalue weighted by molar-refractivity contribution is 7.00. The lowest BCUT2D eigenvalue weighted by atomic mass is 9.96. The lowest BCUT2D eigenvalue weighted by Crippen LogP contribution is -2.68. The molecule has 256 valence electrons. The molecule has 1 aliphatic carbocycles. The van der Waals surface area contributed by atoms with Crippen molar-refractivity contribution >= 4 is 43.3 Å². The maximum absolute atomic E-state index is 13.6. The highest BCUT2D eigenvalue weighted by Gasteiger charge is 2.70. The second-order valence-electron chi connectivity index (χ2n) is 16.2. The number of carbonyl (C=O) groups is 1. The standard InChI is InChI=1S/C44H49NO3Si2/c1-42(2,3)49(33-21-11-7-12-22-33,34-23-13-8-14-24-34)47-31-44(39-37-29-19-20-30-38(37)41(46)45-40(39)44)32-48-50(43(4,5)6,35-25-15-9-16-26-35)36-27-17-10-18-28-36/h7-30,39-40H,31-32H2,1-6H3,(H,45,46)/t39-,40+/m1/s1. The van der Waals surface area contributed by atoms with Gasteiger partial charge in [-0.1, -0.05) is 181 Å². The summed E-state index contributed by atoms with van der Waals surface area (Å²) in [6.07, 6.45) is 0. The molecule has 0 radical (unpaired) electrons. The number of nitrogens with one attached hydrogen (secondary N) is 1. The van der Waals surface area contributed by atoms with Gasteiger partial charge in [0.1, 0.15) is 0 Å². The molecule has 2 atom stereocenters. The Kier molecular flexibility index (Phi) is 8.88. The molecular formula is C44H49NO3Si2. The zero-order valence-corrected chi connectivity index (χ0v) is 32.2. The quantitative estimate of drug-likeness (QED) is 0.160. The van der Waals surface area contributed by atoms with Gasteiger partial charge < -0.3 is 14.2 Å². The Morgan fingerprint density at radius 3 is 1.24 bits per heavy atom. The first-order chi connectivity index (χ1) is 24.0. The molecule has 1 heterocycles. The molecule has 0 unspecified atom stereocenters. The van der Waals surface area contributed by atoms with E-state index in [4.69, 9.17) is 8.85 Å². The van der Waals surface area contributed by atoms with E-state index >= 15 is 0 Å². The molecule has 5 aromatic rings. The molecule has 1 aliphatic heterocycles. The van der Waals surface area contributed by atoms with E-state index in [-0.39, 0.29) is 27.9 Å². The summed E-state index contributed by atoms with van der Waals surface area (Å²) in [5.41, 5.74) is 1.38. The van der Waals surface area contributed by atoms with Gasteiger partial charge in [0, 0.05) is 36.2 Å². The van der Waals surface area contributed by atoms with E-state index in [0.29, 0.717) is 13.2 Å². The van der Waals surface area contributed by atoms with E-state index in [0.717, 1.165) is 11.1 Å². The van der Waals surface area contributed by atoms with Crippen LogP contribution in [0.2, 0.25) is 10.1 Å². The molecule has 1 amide bonds. The number of amides is 1. The minimum absolute atomic E-state index is 0.0142. The smallest absolute Gasteiger partial charge is 0.261 e. The largest absolute Gasteiger partial charge is 0.407 e. The Balaban J connectivity index is 1.38. The van der Waals surface area contributed by atoms with E-state index in [1.165, 1.54) is 20.7 Å². The molecule has 0 saturated heterocycles. The number of hydrogen-bond donors (Lipinski definition) is 1. The first-order valence-electron chi connectivity index (χ1n) is 17.9. The maximum atomic E-state index is 13.6. The third kappa shape index (κ3) is 5.53. The van der Waals surface area contributed by atoms with Crippen molar-refractivity contribution in [2.75, 3.05) is 13.2 Å². The summed E-state index contributed by atoms with van der Waals surface area (Å²) in [6.45, 7) is 14.8. The normalized spacial score (nSPS) is 18.5. The Morgan fingerprint density at radius 1 is 0.540 bits per heavy atom. The Labute approximate surface area is 300 Å². The van der Waals surface area contributed by atoms with Gasteiger partial charge in [-0.3, -0.25) is 4.79 Å². The lowest BCUT2D eigenvalue weighted by molar-refractivity contribution is 0.0926. The van der Waals surface area contributed by atoms with Gasteiger partial charge in [-0.2, -0.15) is 0 Å². The van der Waals surface area contributed by atoms with Crippen LogP contribution >= 0.6 is 0 Å². The van der Waals surface area contributed by atoms with Crippen LogP contribution in [0.1, 0.15) is 63.4 Å². The average Bonchev–Trinajstić information content (AvgIpc) is 3.75. The first-order valence-corrected chi connectivity index (χ1v) is 21.7. The highest BCUT2D eigenvalue weighted by atomic mass is 28.4. The van der Waals surface area contributed by atoms with Crippen molar-refractivity contribution in [3.63, 3.8) is 0 Å².